The van der Waals surface area contributed by atoms with Crippen LogP contribution in [-0.2, 0) is 6.54 Å². The third kappa shape index (κ3) is 3.81. The van der Waals surface area contributed by atoms with Crippen LogP contribution < -0.4 is 10.1 Å². The van der Waals surface area contributed by atoms with Crippen LogP contribution in [-0.4, -0.2) is 17.6 Å². The molecule has 0 bridgehead atoms. The summed E-state index contributed by atoms with van der Waals surface area (Å²) in [5, 5.41) is 3.48. The van der Waals surface area contributed by atoms with Crippen molar-refractivity contribution in [1.29, 1.82) is 0 Å². The summed E-state index contributed by atoms with van der Waals surface area (Å²) in [6.07, 6.45) is 6.72. The average Bonchev–Trinajstić information content (AvgIpc) is 3.11. The predicted molar refractivity (Wildman–Crippen MR) is 64.5 cm³/mol. The van der Waals surface area contributed by atoms with Crippen molar-refractivity contribution in [3.8, 4) is 5.88 Å². The molecule has 0 spiro atoms. The SMILES string of the molecule is CCCCOc1cc(CNC2CC2)ccn1. The molecule has 2 rings (SSSR count). The Labute approximate surface area is 97.2 Å². The monoisotopic (exact) mass is 220 g/mol. The minimum atomic E-state index is 0.748. The zero-order chi connectivity index (χ0) is 11.2. The second-order valence-corrected chi connectivity index (χ2v) is 4.36. The molecule has 1 heterocycles. The van der Waals surface area contributed by atoms with Gasteiger partial charge in [-0.05, 0) is 30.9 Å². The standard InChI is InChI=1S/C13H20N2O/c1-2-3-8-16-13-9-11(6-7-14-13)10-15-12-4-5-12/h6-7,9,12,15H,2-5,8,10H2,1H3. The molecule has 3 heteroatoms. The zero-order valence-corrected chi connectivity index (χ0v) is 9.91. The molecule has 1 fully saturated rings. The van der Waals surface area contributed by atoms with E-state index in [-0.39, 0.29) is 0 Å². The molecule has 0 amide bonds. The molecule has 1 aromatic rings. The third-order valence-corrected chi connectivity index (χ3v) is 2.72. The molecular weight excluding hydrogens is 200 g/mol. The third-order valence-electron chi connectivity index (χ3n) is 2.72. The molecule has 1 aliphatic carbocycles. The van der Waals surface area contributed by atoms with E-state index in [0.717, 1.165) is 37.9 Å². The molecule has 3 nitrogen and oxygen atoms in total. The topological polar surface area (TPSA) is 34.1 Å². The van der Waals surface area contributed by atoms with Crippen molar-refractivity contribution in [2.75, 3.05) is 6.61 Å². The van der Waals surface area contributed by atoms with E-state index in [2.05, 4.69) is 17.2 Å². The Morgan fingerprint density at radius 2 is 2.38 bits per heavy atom. The fourth-order valence-electron chi connectivity index (χ4n) is 1.51. The lowest BCUT2D eigenvalue weighted by molar-refractivity contribution is 0.297. The van der Waals surface area contributed by atoms with Crippen LogP contribution in [0.25, 0.3) is 0 Å². The lowest BCUT2D eigenvalue weighted by Crippen LogP contribution is -2.15. The van der Waals surface area contributed by atoms with Gasteiger partial charge in [0.25, 0.3) is 0 Å². The molecule has 88 valence electrons. The summed E-state index contributed by atoms with van der Waals surface area (Å²) in [7, 11) is 0. The first-order valence-electron chi connectivity index (χ1n) is 6.19. The van der Waals surface area contributed by atoms with Gasteiger partial charge in [0.2, 0.25) is 5.88 Å². The summed E-state index contributed by atoms with van der Waals surface area (Å²) in [6, 6.07) is 4.82. The number of hydrogen-bond acceptors (Lipinski definition) is 3. The van der Waals surface area contributed by atoms with Crippen LogP contribution in [0.2, 0.25) is 0 Å². The van der Waals surface area contributed by atoms with Crippen molar-refractivity contribution in [3.63, 3.8) is 0 Å². The van der Waals surface area contributed by atoms with Crippen molar-refractivity contribution in [3.05, 3.63) is 23.9 Å². The van der Waals surface area contributed by atoms with Crippen LogP contribution in [0.4, 0.5) is 0 Å². The van der Waals surface area contributed by atoms with Crippen molar-refractivity contribution in [2.24, 2.45) is 0 Å². The van der Waals surface area contributed by atoms with Gasteiger partial charge in [-0.25, -0.2) is 4.98 Å². The Kier molecular flexibility index (Phi) is 4.17. The Hall–Kier alpha value is -1.09. The highest BCUT2D eigenvalue weighted by molar-refractivity contribution is 5.20. The summed E-state index contributed by atoms with van der Waals surface area (Å²) in [6.45, 7) is 3.85. The van der Waals surface area contributed by atoms with E-state index in [0.29, 0.717) is 0 Å². The smallest absolute Gasteiger partial charge is 0.213 e. The fourth-order valence-corrected chi connectivity index (χ4v) is 1.51. The predicted octanol–water partition coefficient (Wildman–Crippen LogP) is 2.51. The number of pyridine rings is 1. The molecule has 0 unspecified atom stereocenters. The van der Waals surface area contributed by atoms with Crippen LogP contribution in [0.1, 0.15) is 38.2 Å². The molecule has 0 atom stereocenters. The highest BCUT2D eigenvalue weighted by Crippen LogP contribution is 2.19. The van der Waals surface area contributed by atoms with Crippen molar-refractivity contribution in [1.82, 2.24) is 10.3 Å². The van der Waals surface area contributed by atoms with Gasteiger partial charge >= 0.3 is 0 Å². The summed E-state index contributed by atoms with van der Waals surface area (Å²) < 4.78 is 5.57. The minimum absolute atomic E-state index is 0.748. The molecule has 0 aromatic carbocycles. The Balaban J connectivity index is 1.80. The number of aromatic nitrogens is 1. The second-order valence-electron chi connectivity index (χ2n) is 4.36. The molecule has 1 N–H and O–H groups in total. The van der Waals surface area contributed by atoms with Gasteiger partial charge in [0.15, 0.2) is 0 Å². The Bertz CT molecular complexity index is 323. The number of rotatable bonds is 7. The molecule has 1 aliphatic rings. The van der Waals surface area contributed by atoms with E-state index in [1.54, 1.807) is 0 Å². The van der Waals surface area contributed by atoms with Gasteiger partial charge < -0.3 is 10.1 Å². The first-order chi connectivity index (χ1) is 7.88. The van der Waals surface area contributed by atoms with E-state index in [9.17, 15) is 0 Å². The maximum absolute atomic E-state index is 5.57. The molecular formula is C13H20N2O. The lowest BCUT2D eigenvalue weighted by Gasteiger charge is -2.07. The van der Waals surface area contributed by atoms with Gasteiger partial charge in [-0.1, -0.05) is 13.3 Å². The van der Waals surface area contributed by atoms with E-state index in [1.807, 2.05) is 18.3 Å². The summed E-state index contributed by atoms with van der Waals surface area (Å²) in [5.41, 5.74) is 1.26. The van der Waals surface area contributed by atoms with Crippen LogP contribution in [0, 0.1) is 0 Å². The number of ether oxygens (including phenoxy) is 1. The quantitative estimate of drug-likeness (QED) is 0.717. The first-order valence-corrected chi connectivity index (χ1v) is 6.19. The Morgan fingerprint density at radius 1 is 1.50 bits per heavy atom. The second kappa shape index (κ2) is 5.85. The van der Waals surface area contributed by atoms with Crippen molar-refractivity contribution in [2.45, 2.75) is 45.2 Å². The van der Waals surface area contributed by atoms with Gasteiger partial charge in [-0.3, -0.25) is 0 Å². The summed E-state index contributed by atoms with van der Waals surface area (Å²) >= 11 is 0. The van der Waals surface area contributed by atoms with Crippen LogP contribution in [0.15, 0.2) is 18.3 Å². The van der Waals surface area contributed by atoms with Crippen LogP contribution in [0.3, 0.4) is 0 Å². The molecule has 0 radical (unpaired) electrons. The zero-order valence-electron chi connectivity index (χ0n) is 9.91. The van der Waals surface area contributed by atoms with Gasteiger partial charge in [0, 0.05) is 24.8 Å². The molecule has 16 heavy (non-hydrogen) atoms. The highest BCUT2D eigenvalue weighted by Gasteiger charge is 2.19. The first kappa shape index (κ1) is 11.4. The Morgan fingerprint density at radius 3 is 3.12 bits per heavy atom. The fraction of sp³-hybridized carbons (Fsp3) is 0.615. The van der Waals surface area contributed by atoms with Crippen LogP contribution in [0.5, 0.6) is 5.88 Å². The van der Waals surface area contributed by atoms with Gasteiger partial charge in [0.1, 0.15) is 0 Å². The van der Waals surface area contributed by atoms with E-state index < -0.39 is 0 Å². The highest BCUT2D eigenvalue weighted by atomic mass is 16.5. The van der Waals surface area contributed by atoms with Crippen molar-refractivity contribution >= 4 is 0 Å². The van der Waals surface area contributed by atoms with Crippen molar-refractivity contribution < 1.29 is 4.74 Å². The molecule has 0 saturated heterocycles. The van der Waals surface area contributed by atoms with Crippen LogP contribution >= 0.6 is 0 Å². The maximum atomic E-state index is 5.57. The lowest BCUT2D eigenvalue weighted by atomic mass is 10.2. The summed E-state index contributed by atoms with van der Waals surface area (Å²) in [4.78, 5) is 4.20. The van der Waals surface area contributed by atoms with Gasteiger partial charge in [-0.2, -0.15) is 0 Å². The average molecular weight is 220 g/mol. The van der Waals surface area contributed by atoms with Gasteiger partial charge in [-0.15, -0.1) is 0 Å². The number of nitrogens with one attached hydrogen (secondary N) is 1. The maximum Gasteiger partial charge on any atom is 0.213 e. The molecule has 1 aromatic heterocycles. The van der Waals surface area contributed by atoms with E-state index in [1.165, 1.54) is 18.4 Å². The number of hydrogen-bond donors (Lipinski definition) is 1. The number of nitrogens with zero attached hydrogens (tertiary/aromatic N) is 1. The van der Waals surface area contributed by atoms with E-state index >= 15 is 0 Å². The molecule has 0 aliphatic heterocycles. The summed E-state index contributed by atoms with van der Waals surface area (Å²) in [5.74, 6) is 0.753. The van der Waals surface area contributed by atoms with Gasteiger partial charge in [0.05, 0.1) is 6.61 Å². The largest absolute Gasteiger partial charge is 0.478 e. The number of unbranched alkanes of at least 4 members (excludes halogenated alkanes) is 1. The normalized spacial score (nSPS) is 15.1. The minimum Gasteiger partial charge on any atom is -0.478 e. The molecule has 1 saturated carbocycles. The van der Waals surface area contributed by atoms with E-state index in [4.69, 9.17) is 4.74 Å².